The molecule has 0 aromatic heterocycles. The highest BCUT2D eigenvalue weighted by molar-refractivity contribution is 5.95. The maximum Gasteiger partial charge on any atom is 0.320 e. The fourth-order valence-electron chi connectivity index (χ4n) is 2.09. The van der Waals surface area contributed by atoms with E-state index in [0.717, 1.165) is 6.42 Å². The first kappa shape index (κ1) is 18.0. The van der Waals surface area contributed by atoms with E-state index in [4.69, 9.17) is 9.84 Å². The number of nitrogens with one attached hydrogen (secondary N) is 2. The molecular weight excluding hydrogens is 284 g/mol. The Bertz CT molecular complexity index is 487. The molecule has 6 nitrogen and oxygen atoms in total. The number of hydrogen-bond acceptors (Lipinski definition) is 4. The molecule has 3 N–H and O–H groups in total. The van der Waals surface area contributed by atoms with E-state index >= 15 is 0 Å². The van der Waals surface area contributed by atoms with E-state index in [1.807, 2.05) is 13.8 Å². The fourth-order valence-corrected chi connectivity index (χ4v) is 2.09. The quantitative estimate of drug-likeness (QED) is 0.651. The number of methoxy groups -OCH3 is 1. The van der Waals surface area contributed by atoms with Gasteiger partial charge in [-0.1, -0.05) is 20.3 Å². The van der Waals surface area contributed by atoms with Gasteiger partial charge < -0.3 is 15.2 Å². The number of amides is 1. The predicted molar refractivity (Wildman–Crippen MR) is 85.2 cm³/mol. The third-order valence-electron chi connectivity index (χ3n) is 3.36. The number of carbonyl (C=O) groups is 2. The Morgan fingerprint density at radius 3 is 2.27 bits per heavy atom. The second-order valence-electron chi connectivity index (χ2n) is 5.02. The average Bonchev–Trinajstić information content (AvgIpc) is 2.51. The summed E-state index contributed by atoms with van der Waals surface area (Å²) in [5.74, 6) is -0.468. The summed E-state index contributed by atoms with van der Waals surface area (Å²) in [5.41, 5.74) is 0.647. The molecule has 0 spiro atoms. The first-order valence-electron chi connectivity index (χ1n) is 7.45. The monoisotopic (exact) mass is 308 g/mol. The summed E-state index contributed by atoms with van der Waals surface area (Å²) in [6, 6.07) is 5.72. The summed E-state index contributed by atoms with van der Waals surface area (Å²) in [7, 11) is 1.57. The van der Waals surface area contributed by atoms with E-state index in [0.29, 0.717) is 24.3 Å². The van der Waals surface area contributed by atoms with Gasteiger partial charge in [0, 0.05) is 5.69 Å². The molecule has 0 aliphatic rings. The van der Waals surface area contributed by atoms with Crippen LogP contribution < -0.4 is 15.4 Å². The fraction of sp³-hybridized carbons (Fsp3) is 0.500. The Balaban J connectivity index is 2.68. The molecule has 0 aliphatic heterocycles. The van der Waals surface area contributed by atoms with Crippen LogP contribution >= 0.6 is 0 Å². The minimum absolute atomic E-state index is 0.241. The third kappa shape index (κ3) is 5.37. The zero-order valence-corrected chi connectivity index (χ0v) is 13.3. The van der Waals surface area contributed by atoms with E-state index in [2.05, 4.69) is 10.6 Å². The van der Waals surface area contributed by atoms with Crippen molar-refractivity contribution in [2.24, 2.45) is 0 Å². The summed E-state index contributed by atoms with van der Waals surface area (Å²) >= 11 is 0. The summed E-state index contributed by atoms with van der Waals surface area (Å²) < 4.78 is 5.06. The largest absolute Gasteiger partial charge is 0.497 e. The van der Waals surface area contributed by atoms with Crippen molar-refractivity contribution in [3.05, 3.63) is 24.3 Å². The lowest BCUT2D eigenvalue weighted by molar-refractivity contribution is -0.140. The second-order valence-corrected chi connectivity index (χ2v) is 5.02. The number of carboxylic acids is 1. The predicted octanol–water partition coefficient (Wildman–Crippen LogP) is 2.26. The highest BCUT2D eigenvalue weighted by atomic mass is 16.5. The van der Waals surface area contributed by atoms with Crippen LogP contribution in [0.15, 0.2) is 24.3 Å². The number of anilines is 1. The number of benzene rings is 1. The van der Waals surface area contributed by atoms with Crippen molar-refractivity contribution in [1.29, 1.82) is 0 Å². The summed E-state index contributed by atoms with van der Waals surface area (Å²) in [6.45, 7) is 3.76. The molecule has 0 saturated heterocycles. The van der Waals surface area contributed by atoms with Crippen LogP contribution in [0.3, 0.4) is 0 Å². The number of rotatable bonds is 9. The van der Waals surface area contributed by atoms with Gasteiger partial charge in [-0.2, -0.15) is 0 Å². The van der Waals surface area contributed by atoms with Crippen molar-refractivity contribution in [1.82, 2.24) is 5.32 Å². The van der Waals surface area contributed by atoms with Crippen LogP contribution in [0.1, 0.15) is 33.1 Å². The second kappa shape index (κ2) is 9.04. The summed E-state index contributed by atoms with van der Waals surface area (Å²) in [5, 5.41) is 14.9. The maximum absolute atomic E-state index is 12.3. The van der Waals surface area contributed by atoms with Crippen molar-refractivity contribution >= 4 is 17.6 Å². The maximum atomic E-state index is 12.3. The van der Waals surface area contributed by atoms with Crippen LogP contribution in [0.5, 0.6) is 5.75 Å². The molecule has 0 aliphatic carbocycles. The molecule has 0 fully saturated rings. The molecule has 1 rings (SSSR count). The zero-order chi connectivity index (χ0) is 16.5. The molecule has 2 unspecified atom stereocenters. The zero-order valence-electron chi connectivity index (χ0n) is 13.3. The van der Waals surface area contributed by atoms with Crippen molar-refractivity contribution in [2.75, 3.05) is 12.4 Å². The van der Waals surface area contributed by atoms with E-state index in [1.165, 1.54) is 0 Å². The van der Waals surface area contributed by atoms with Gasteiger partial charge in [0.2, 0.25) is 5.91 Å². The van der Waals surface area contributed by atoms with Crippen LogP contribution in [0.25, 0.3) is 0 Å². The van der Waals surface area contributed by atoms with Gasteiger partial charge in [-0.05, 0) is 37.1 Å². The first-order valence-corrected chi connectivity index (χ1v) is 7.45. The van der Waals surface area contributed by atoms with Gasteiger partial charge in [-0.15, -0.1) is 0 Å². The molecule has 1 aromatic carbocycles. The van der Waals surface area contributed by atoms with E-state index in [9.17, 15) is 9.59 Å². The topological polar surface area (TPSA) is 87.7 Å². The van der Waals surface area contributed by atoms with Gasteiger partial charge in [0.25, 0.3) is 0 Å². The Kier molecular flexibility index (Phi) is 7.39. The normalized spacial score (nSPS) is 13.2. The standard InChI is InChI=1S/C16H24N2O4/c1-4-6-14(16(20)21)18-13(5-2)15(19)17-11-7-9-12(22-3)10-8-11/h7-10,13-14,18H,4-6H2,1-3H3,(H,17,19)(H,20,21). The van der Waals surface area contributed by atoms with Crippen LogP contribution in [0, 0.1) is 0 Å². The molecule has 0 heterocycles. The Hall–Kier alpha value is -2.08. The van der Waals surface area contributed by atoms with Gasteiger partial charge in [0.05, 0.1) is 13.2 Å². The molecule has 0 radical (unpaired) electrons. The van der Waals surface area contributed by atoms with Crippen molar-refractivity contribution < 1.29 is 19.4 Å². The molecule has 122 valence electrons. The molecular formula is C16H24N2O4. The van der Waals surface area contributed by atoms with Crippen LogP contribution in [-0.4, -0.2) is 36.2 Å². The summed E-state index contributed by atoms with van der Waals surface area (Å²) in [6.07, 6.45) is 1.73. The summed E-state index contributed by atoms with van der Waals surface area (Å²) in [4.78, 5) is 23.4. The lowest BCUT2D eigenvalue weighted by atomic mass is 10.1. The third-order valence-corrected chi connectivity index (χ3v) is 3.36. The number of hydrogen-bond donors (Lipinski definition) is 3. The molecule has 1 aromatic rings. The van der Waals surface area contributed by atoms with Gasteiger partial charge in [0.15, 0.2) is 0 Å². The average molecular weight is 308 g/mol. The van der Waals surface area contributed by atoms with Crippen LogP contribution in [0.2, 0.25) is 0 Å². The smallest absolute Gasteiger partial charge is 0.320 e. The van der Waals surface area contributed by atoms with Gasteiger partial charge in [0.1, 0.15) is 11.8 Å². The number of aliphatic carboxylic acids is 1. The highest BCUT2D eigenvalue weighted by Crippen LogP contribution is 2.15. The molecule has 2 atom stereocenters. The highest BCUT2D eigenvalue weighted by Gasteiger charge is 2.24. The lowest BCUT2D eigenvalue weighted by Gasteiger charge is -2.21. The Labute approximate surface area is 130 Å². The van der Waals surface area contributed by atoms with Crippen LogP contribution in [0.4, 0.5) is 5.69 Å². The van der Waals surface area contributed by atoms with Crippen molar-refractivity contribution in [2.45, 2.75) is 45.2 Å². The molecule has 6 heteroatoms. The Morgan fingerprint density at radius 2 is 1.82 bits per heavy atom. The van der Waals surface area contributed by atoms with Crippen LogP contribution in [-0.2, 0) is 9.59 Å². The van der Waals surface area contributed by atoms with Gasteiger partial charge in [-0.25, -0.2) is 0 Å². The number of carbonyl (C=O) groups excluding carboxylic acids is 1. The lowest BCUT2D eigenvalue weighted by Crippen LogP contribution is -2.48. The number of carboxylic acid groups (broad SMARTS) is 1. The first-order chi connectivity index (χ1) is 10.5. The molecule has 22 heavy (non-hydrogen) atoms. The van der Waals surface area contributed by atoms with Gasteiger partial charge >= 0.3 is 5.97 Å². The molecule has 0 bridgehead atoms. The molecule has 1 amide bonds. The SMILES string of the molecule is CCCC(NC(CC)C(=O)Nc1ccc(OC)cc1)C(=O)O. The number of ether oxygens (including phenoxy) is 1. The van der Waals surface area contributed by atoms with Crippen molar-refractivity contribution in [3.8, 4) is 5.75 Å². The minimum Gasteiger partial charge on any atom is -0.497 e. The van der Waals surface area contributed by atoms with E-state index in [-0.39, 0.29) is 5.91 Å². The van der Waals surface area contributed by atoms with Gasteiger partial charge in [-0.3, -0.25) is 14.9 Å². The molecule has 0 saturated carbocycles. The minimum atomic E-state index is -0.933. The Morgan fingerprint density at radius 1 is 1.18 bits per heavy atom. The van der Waals surface area contributed by atoms with E-state index in [1.54, 1.807) is 31.4 Å². The van der Waals surface area contributed by atoms with Crippen molar-refractivity contribution in [3.63, 3.8) is 0 Å². The van der Waals surface area contributed by atoms with E-state index < -0.39 is 18.1 Å².